The average molecular weight is 487 g/mol. The van der Waals surface area contributed by atoms with Gasteiger partial charge in [-0.15, -0.1) is 0 Å². The molecule has 0 aliphatic heterocycles. The molecule has 176 valence electrons. The molecule has 8 heteroatoms. The molecule has 1 atom stereocenters. The zero-order valence-electron chi connectivity index (χ0n) is 19.2. The van der Waals surface area contributed by atoms with E-state index in [4.69, 9.17) is 11.6 Å². The quantitative estimate of drug-likeness (QED) is 0.404. The zero-order valence-corrected chi connectivity index (χ0v) is 19.9. The van der Waals surface area contributed by atoms with Crippen molar-refractivity contribution in [1.29, 1.82) is 0 Å². The predicted molar refractivity (Wildman–Crippen MR) is 136 cm³/mol. The minimum atomic E-state index is -0.729. The smallest absolute Gasteiger partial charge is 0.280 e. The van der Waals surface area contributed by atoms with Crippen LogP contribution in [0.1, 0.15) is 45.1 Å². The summed E-state index contributed by atoms with van der Waals surface area (Å²) in [5.41, 5.74) is 1.69. The summed E-state index contributed by atoms with van der Waals surface area (Å²) in [5, 5.41) is 10.3. The van der Waals surface area contributed by atoms with Crippen molar-refractivity contribution in [3.05, 3.63) is 123 Å². The van der Waals surface area contributed by atoms with Crippen LogP contribution < -0.4 is 16.1 Å². The van der Waals surface area contributed by atoms with Gasteiger partial charge in [0, 0.05) is 11.8 Å². The molecule has 4 aromatic rings. The first-order valence-electron chi connectivity index (χ1n) is 11.0. The van der Waals surface area contributed by atoms with Gasteiger partial charge in [0.25, 0.3) is 11.8 Å². The van der Waals surface area contributed by atoms with E-state index >= 15 is 0 Å². The molecule has 0 saturated heterocycles. The second kappa shape index (κ2) is 10.4. The van der Waals surface area contributed by atoms with E-state index in [1.165, 1.54) is 10.7 Å². The number of aromatic nitrogens is 2. The number of amides is 2. The van der Waals surface area contributed by atoms with E-state index in [9.17, 15) is 14.4 Å². The van der Waals surface area contributed by atoms with Crippen molar-refractivity contribution in [2.75, 3.05) is 5.32 Å². The van der Waals surface area contributed by atoms with Crippen LogP contribution in [0.3, 0.4) is 0 Å². The summed E-state index contributed by atoms with van der Waals surface area (Å²) < 4.78 is 1.44. The van der Waals surface area contributed by atoms with Crippen LogP contribution in [0.4, 0.5) is 5.69 Å². The lowest BCUT2D eigenvalue weighted by Gasteiger charge is -2.16. The Bertz CT molecular complexity index is 1450. The molecular formula is C27H23ClN4O3. The van der Waals surface area contributed by atoms with Crippen molar-refractivity contribution in [2.45, 2.75) is 19.9 Å². The van der Waals surface area contributed by atoms with Crippen LogP contribution in [0.2, 0.25) is 5.02 Å². The Morgan fingerprint density at radius 1 is 0.914 bits per heavy atom. The highest BCUT2D eigenvalue weighted by atomic mass is 35.5. The van der Waals surface area contributed by atoms with E-state index in [-0.39, 0.29) is 28.9 Å². The molecule has 0 fully saturated rings. The Kier molecular flexibility index (Phi) is 7.08. The Labute approximate surface area is 207 Å². The average Bonchev–Trinajstić information content (AvgIpc) is 2.85. The fraction of sp³-hybridized carbons (Fsp3) is 0.111. The lowest BCUT2D eigenvalue weighted by atomic mass is 10.1. The third-order valence-electron chi connectivity index (χ3n) is 5.47. The van der Waals surface area contributed by atoms with Gasteiger partial charge in [-0.25, -0.2) is 4.68 Å². The van der Waals surface area contributed by atoms with Gasteiger partial charge in [0.15, 0.2) is 5.69 Å². The van der Waals surface area contributed by atoms with Crippen molar-refractivity contribution in [3.63, 3.8) is 0 Å². The predicted octanol–water partition coefficient (Wildman–Crippen LogP) is 4.94. The molecule has 3 aromatic carbocycles. The van der Waals surface area contributed by atoms with E-state index in [0.29, 0.717) is 16.4 Å². The SMILES string of the molecule is Cc1cc(=O)c(C(=O)Nc2ccccc2C(=O)NC(C)c2ccccc2)nn1-c1ccccc1Cl. The van der Waals surface area contributed by atoms with Crippen molar-refractivity contribution in [1.82, 2.24) is 15.1 Å². The number of nitrogens with zero attached hydrogens (tertiary/aromatic N) is 2. The first-order chi connectivity index (χ1) is 16.8. The summed E-state index contributed by atoms with van der Waals surface area (Å²) in [5.74, 6) is -1.09. The maximum Gasteiger partial charge on any atom is 0.280 e. The maximum absolute atomic E-state index is 13.1. The second-order valence-corrected chi connectivity index (χ2v) is 8.37. The van der Waals surface area contributed by atoms with Gasteiger partial charge in [0.2, 0.25) is 5.43 Å². The number of hydrogen-bond acceptors (Lipinski definition) is 4. The van der Waals surface area contributed by atoms with Gasteiger partial charge in [0.05, 0.1) is 28.0 Å². The third-order valence-corrected chi connectivity index (χ3v) is 5.79. The Balaban J connectivity index is 1.61. The molecule has 0 radical (unpaired) electrons. The first-order valence-corrected chi connectivity index (χ1v) is 11.3. The molecule has 0 aliphatic carbocycles. The molecule has 2 N–H and O–H groups in total. The molecule has 7 nitrogen and oxygen atoms in total. The lowest BCUT2D eigenvalue weighted by Crippen LogP contribution is -2.30. The van der Waals surface area contributed by atoms with E-state index in [2.05, 4.69) is 15.7 Å². The Morgan fingerprint density at radius 3 is 2.31 bits per heavy atom. The Hall–Kier alpha value is -4.23. The van der Waals surface area contributed by atoms with Crippen LogP contribution in [0.25, 0.3) is 5.69 Å². The molecule has 0 bridgehead atoms. The van der Waals surface area contributed by atoms with Crippen LogP contribution in [0, 0.1) is 6.92 Å². The highest BCUT2D eigenvalue weighted by Gasteiger charge is 2.20. The number of nitrogens with one attached hydrogen (secondary N) is 2. The maximum atomic E-state index is 13.1. The molecule has 0 aliphatic rings. The number of para-hydroxylation sites is 2. The fourth-order valence-corrected chi connectivity index (χ4v) is 3.86. The molecule has 2 amide bonds. The molecular weight excluding hydrogens is 464 g/mol. The topological polar surface area (TPSA) is 93.1 Å². The van der Waals surface area contributed by atoms with Crippen LogP contribution in [0.5, 0.6) is 0 Å². The highest BCUT2D eigenvalue weighted by Crippen LogP contribution is 2.21. The van der Waals surface area contributed by atoms with Crippen molar-refractivity contribution in [3.8, 4) is 5.69 Å². The van der Waals surface area contributed by atoms with Crippen LogP contribution in [-0.4, -0.2) is 21.6 Å². The number of aryl methyl sites for hydroxylation is 1. The van der Waals surface area contributed by atoms with E-state index in [1.54, 1.807) is 55.5 Å². The number of halogens is 1. The largest absolute Gasteiger partial charge is 0.345 e. The Morgan fingerprint density at radius 2 is 1.57 bits per heavy atom. The number of rotatable bonds is 6. The van der Waals surface area contributed by atoms with Crippen molar-refractivity contribution < 1.29 is 9.59 Å². The minimum absolute atomic E-state index is 0.242. The van der Waals surface area contributed by atoms with Gasteiger partial charge in [-0.1, -0.05) is 66.2 Å². The summed E-state index contributed by atoms with van der Waals surface area (Å²) in [4.78, 5) is 38.7. The van der Waals surface area contributed by atoms with E-state index < -0.39 is 11.3 Å². The van der Waals surface area contributed by atoms with E-state index in [0.717, 1.165) is 5.56 Å². The normalized spacial score (nSPS) is 11.5. The summed E-state index contributed by atoms with van der Waals surface area (Å²) in [6.45, 7) is 3.58. The van der Waals surface area contributed by atoms with Crippen molar-refractivity contribution >= 4 is 29.1 Å². The van der Waals surface area contributed by atoms with E-state index in [1.807, 2.05) is 37.3 Å². The molecule has 35 heavy (non-hydrogen) atoms. The molecule has 1 unspecified atom stereocenters. The summed E-state index contributed by atoms with van der Waals surface area (Å²) in [6.07, 6.45) is 0. The van der Waals surface area contributed by atoms with Crippen LogP contribution in [-0.2, 0) is 0 Å². The van der Waals surface area contributed by atoms with Gasteiger partial charge in [-0.2, -0.15) is 5.10 Å². The molecule has 4 rings (SSSR count). The van der Waals surface area contributed by atoms with Crippen LogP contribution in [0.15, 0.2) is 89.7 Å². The summed E-state index contributed by atoms with van der Waals surface area (Å²) in [7, 11) is 0. The van der Waals surface area contributed by atoms with Gasteiger partial charge < -0.3 is 10.6 Å². The third kappa shape index (κ3) is 5.31. The number of anilines is 1. The molecule has 0 saturated carbocycles. The van der Waals surface area contributed by atoms with Gasteiger partial charge in [-0.3, -0.25) is 14.4 Å². The monoisotopic (exact) mass is 486 g/mol. The first kappa shape index (κ1) is 23.9. The fourth-order valence-electron chi connectivity index (χ4n) is 3.64. The minimum Gasteiger partial charge on any atom is -0.345 e. The molecule has 1 heterocycles. The standard InChI is InChI=1S/C27H23ClN4O3/c1-17-16-24(33)25(31-32(17)23-15-9-7-13-21(23)28)27(35)30-22-14-8-6-12-20(22)26(34)29-18(2)19-10-4-3-5-11-19/h3-16,18H,1-2H3,(H,29,34)(H,30,35). The number of benzene rings is 3. The summed E-state index contributed by atoms with van der Waals surface area (Å²) in [6, 6.07) is 24.2. The number of carbonyl (C=O) groups is 2. The lowest BCUT2D eigenvalue weighted by molar-refractivity contribution is 0.0940. The van der Waals surface area contributed by atoms with Gasteiger partial charge in [0.1, 0.15) is 0 Å². The highest BCUT2D eigenvalue weighted by molar-refractivity contribution is 6.32. The molecule has 0 spiro atoms. The number of hydrogen-bond donors (Lipinski definition) is 2. The van der Waals surface area contributed by atoms with Crippen LogP contribution >= 0.6 is 11.6 Å². The van der Waals surface area contributed by atoms with Crippen molar-refractivity contribution in [2.24, 2.45) is 0 Å². The zero-order chi connectivity index (χ0) is 24.9. The summed E-state index contributed by atoms with van der Waals surface area (Å²) >= 11 is 6.29. The number of carbonyl (C=O) groups excluding carboxylic acids is 2. The van der Waals surface area contributed by atoms with Gasteiger partial charge >= 0.3 is 0 Å². The molecule has 1 aromatic heterocycles. The van der Waals surface area contributed by atoms with Gasteiger partial charge in [-0.05, 0) is 43.7 Å². The second-order valence-electron chi connectivity index (χ2n) is 7.97.